The summed E-state index contributed by atoms with van der Waals surface area (Å²) in [6, 6.07) is 0. The first kappa shape index (κ1) is 6.80. The van der Waals surface area contributed by atoms with Gasteiger partial charge in [-0.2, -0.15) is 0 Å². The summed E-state index contributed by atoms with van der Waals surface area (Å²) >= 11 is 6.49. The van der Waals surface area contributed by atoms with Crippen LogP contribution in [0.25, 0.3) is 0 Å². The van der Waals surface area contributed by atoms with Gasteiger partial charge >= 0.3 is 0 Å². The van der Waals surface area contributed by atoms with E-state index in [1.165, 1.54) is 12.4 Å². The zero-order valence-corrected chi connectivity index (χ0v) is 5.99. The molecular formula is C4H4ClN3S. The van der Waals surface area contributed by atoms with E-state index in [9.17, 15) is 0 Å². The van der Waals surface area contributed by atoms with E-state index >= 15 is 0 Å². The lowest BCUT2D eigenvalue weighted by atomic mass is 10.8. The molecule has 0 amide bonds. The summed E-state index contributed by atoms with van der Waals surface area (Å²) in [6.07, 6.45) is 2.98. The van der Waals surface area contributed by atoms with Crippen molar-refractivity contribution in [3.63, 3.8) is 0 Å². The highest BCUT2D eigenvalue weighted by Crippen LogP contribution is 2.07. The van der Waals surface area contributed by atoms with E-state index in [-0.39, 0.29) is 0 Å². The largest absolute Gasteiger partial charge is 0.272 e. The van der Waals surface area contributed by atoms with Gasteiger partial charge in [-0.1, -0.05) is 11.6 Å². The number of rotatable bonds is 1. The van der Waals surface area contributed by atoms with Gasteiger partial charge in [-0.3, -0.25) is 5.14 Å². The second-order valence-electron chi connectivity index (χ2n) is 1.30. The van der Waals surface area contributed by atoms with E-state index in [2.05, 4.69) is 9.97 Å². The third kappa shape index (κ3) is 1.82. The molecule has 2 N–H and O–H groups in total. The van der Waals surface area contributed by atoms with Gasteiger partial charge < -0.3 is 0 Å². The molecule has 0 aliphatic rings. The lowest BCUT2D eigenvalue weighted by Gasteiger charge is -1.90. The van der Waals surface area contributed by atoms with Gasteiger partial charge in [0.1, 0.15) is 10.2 Å². The zero-order valence-electron chi connectivity index (χ0n) is 4.41. The third-order valence-corrected chi connectivity index (χ3v) is 1.36. The van der Waals surface area contributed by atoms with Crippen LogP contribution in [0, 0.1) is 0 Å². The minimum Gasteiger partial charge on any atom is -0.272 e. The highest BCUT2D eigenvalue weighted by atomic mass is 35.5. The summed E-state index contributed by atoms with van der Waals surface area (Å²) in [6.45, 7) is 0. The second kappa shape index (κ2) is 3.00. The van der Waals surface area contributed by atoms with Crippen molar-refractivity contribution in [2.75, 3.05) is 0 Å². The molecule has 1 aromatic rings. The second-order valence-corrected chi connectivity index (χ2v) is 2.34. The standard InChI is InChI=1S/C4H4ClN3S/c5-3-1-8-4(9-6)2-7-3/h1-2H,6H2. The molecule has 1 aromatic heterocycles. The first-order chi connectivity index (χ1) is 4.33. The Labute approximate surface area is 61.8 Å². The Kier molecular flexibility index (Phi) is 2.27. The van der Waals surface area contributed by atoms with Gasteiger partial charge in [0.2, 0.25) is 0 Å². The number of hydrogen-bond acceptors (Lipinski definition) is 4. The van der Waals surface area contributed by atoms with Crippen LogP contribution in [0.3, 0.4) is 0 Å². The maximum Gasteiger partial charge on any atom is 0.147 e. The molecule has 1 heterocycles. The Morgan fingerprint density at radius 2 is 2.22 bits per heavy atom. The minimum absolute atomic E-state index is 0.382. The summed E-state index contributed by atoms with van der Waals surface area (Å²) in [5.74, 6) is 0. The molecule has 1 rings (SSSR count). The van der Waals surface area contributed by atoms with E-state index < -0.39 is 0 Å². The molecule has 0 fully saturated rings. The smallest absolute Gasteiger partial charge is 0.147 e. The van der Waals surface area contributed by atoms with Crippen LogP contribution in [-0.4, -0.2) is 9.97 Å². The molecule has 5 heteroatoms. The van der Waals surface area contributed by atoms with Crippen LogP contribution in [0.4, 0.5) is 0 Å². The van der Waals surface area contributed by atoms with Crippen LogP contribution in [0.15, 0.2) is 17.4 Å². The van der Waals surface area contributed by atoms with Crippen molar-refractivity contribution >= 4 is 23.5 Å². The lowest BCUT2D eigenvalue weighted by Crippen LogP contribution is -1.85. The average Bonchev–Trinajstić information content (AvgIpc) is 1.90. The molecular weight excluding hydrogens is 158 g/mol. The molecule has 0 bridgehead atoms. The molecule has 48 valence electrons. The summed E-state index contributed by atoms with van der Waals surface area (Å²) in [7, 11) is 0. The van der Waals surface area contributed by atoms with Crippen LogP contribution in [-0.2, 0) is 0 Å². The minimum atomic E-state index is 0.382. The molecule has 0 aliphatic carbocycles. The van der Waals surface area contributed by atoms with Crippen molar-refractivity contribution in [2.24, 2.45) is 5.14 Å². The normalized spacial score (nSPS) is 9.56. The van der Waals surface area contributed by atoms with E-state index in [0.29, 0.717) is 10.2 Å². The molecule has 0 saturated carbocycles. The van der Waals surface area contributed by atoms with Crippen molar-refractivity contribution in [3.05, 3.63) is 17.5 Å². The summed E-state index contributed by atoms with van der Waals surface area (Å²) in [4.78, 5) is 7.59. The molecule has 0 spiro atoms. The van der Waals surface area contributed by atoms with E-state index in [0.717, 1.165) is 11.9 Å². The molecule has 0 saturated heterocycles. The van der Waals surface area contributed by atoms with Crippen LogP contribution < -0.4 is 5.14 Å². The van der Waals surface area contributed by atoms with E-state index in [4.69, 9.17) is 16.7 Å². The number of halogens is 1. The molecule has 0 atom stereocenters. The third-order valence-electron chi connectivity index (χ3n) is 0.717. The van der Waals surface area contributed by atoms with Gasteiger partial charge in [-0.15, -0.1) is 0 Å². The van der Waals surface area contributed by atoms with Gasteiger partial charge in [0.05, 0.1) is 12.4 Å². The molecule has 0 radical (unpaired) electrons. The summed E-state index contributed by atoms with van der Waals surface area (Å²) < 4.78 is 0. The Morgan fingerprint density at radius 3 is 2.67 bits per heavy atom. The van der Waals surface area contributed by atoms with Gasteiger partial charge in [0, 0.05) is 0 Å². The lowest BCUT2D eigenvalue weighted by molar-refractivity contribution is 1.06. The number of aromatic nitrogens is 2. The van der Waals surface area contributed by atoms with Crippen LogP contribution in [0.1, 0.15) is 0 Å². The van der Waals surface area contributed by atoms with E-state index in [1.807, 2.05) is 0 Å². The molecule has 0 unspecified atom stereocenters. The summed E-state index contributed by atoms with van der Waals surface area (Å²) in [5.41, 5.74) is 0. The van der Waals surface area contributed by atoms with Gasteiger partial charge in [0.15, 0.2) is 0 Å². The van der Waals surface area contributed by atoms with Crippen molar-refractivity contribution in [2.45, 2.75) is 5.03 Å². The Hall–Kier alpha value is -0.320. The quantitative estimate of drug-likeness (QED) is 0.627. The highest BCUT2D eigenvalue weighted by molar-refractivity contribution is 7.97. The maximum atomic E-state index is 5.44. The molecule has 0 aromatic carbocycles. The fourth-order valence-corrected chi connectivity index (χ4v) is 0.686. The predicted octanol–water partition coefficient (Wildman–Crippen LogP) is 1.10. The number of nitrogens with zero attached hydrogens (tertiary/aromatic N) is 2. The average molecular weight is 162 g/mol. The van der Waals surface area contributed by atoms with Crippen molar-refractivity contribution in [3.8, 4) is 0 Å². The van der Waals surface area contributed by atoms with Crippen LogP contribution in [0.5, 0.6) is 0 Å². The van der Waals surface area contributed by atoms with Crippen molar-refractivity contribution in [1.29, 1.82) is 0 Å². The molecule has 3 nitrogen and oxygen atoms in total. The zero-order chi connectivity index (χ0) is 6.69. The summed E-state index contributed by atoms with van der Waals surface area (Å²) in [5, 5.41) is 6.22. The van der Waals surface area contributed by atoms with Crippen LogP contribution >= 0.6 is 23.5 Å². The SMILES string of the molecule is NSc1cnc(Cl)cn1. The van der Waals surface area contributed by atoms with Gasteiger partial charge in [0.25, 0.3) is 0 Å². The van der Waals surface area contributed by atoms with Crippen molar-refractivity contribution in [1.82, 2.24) is 9.97 Å². The van der Waals surface area contributed by atoms with E-state index in [1.54, 1.807) is 0 Å². The number of nitrogens with two attached hydrogens (primary N) is 1. The topological polar surface area (TPSA) is 51.8 Å². The first-order valence-corrected chi connectivity index (χ1v) is 3.43. The first-order valence-electron chi connectivity index (χ1n) is 2.17. The number of hydrogen-bond donors (Lipinski definition) is 1. The fraction of sp³-hybridized carbons (Fsp3) is 0. The highest BCUT2D eigenvalue weighted by Gasteiger charge is 1.90. The van der Waals surface area contributed by atoms with Crippen molar-refractivity contribution < 1.29 is 0 Å². The predicted molar refractivity (Wildman–Crippen MR) is 37.1 cm³/mol. The monoisotopic (exact) mass is 161 g/mol. The fourth-order valence-electron chi connectivity index (χ4n) is 0.361. The Bertz CT molecular complexity index is 188. The van der Waals surface area contributed by atoms with Crippen LogP contribution in [0.2, 0.25) is 5.15 Å². The maximum absolute atomic E-state index is 5.44. The van der Waals surface area contributed by atoms with Gasteiger partial charge in [-0.25, -0.2) is 9.97 Å². The molecule has 0 aliphatic heterocycles. The van der Waals surface area contributed by atoms with Gasteiger partial charge in [-0.05, 0) is 11.9 Å². The Morgan fingerprint density at radius 1 is 1.44 bits per heavy atom. The molecule has 9 heavy (non-hydrogen) atoms. The Balaban J connectivity index is 2.88.